The zero-order valence-electron chi connectivity index (χ0n) is 12.1. The number of benzene rings is 1. The number of nitrogens with one attached hydrogen (secondary N) is 1. The van der Waals surface area contributed by atoms with E-state index in [1.54, 1.807) is 18.4 Å². The summed E-state index contributed by atoms with van der Waals surface area (Å²) in [5, 5.41) is 4.13. The molecule has 4 nitrogen and oxygen atoms in total. The minimum Gasteiger partial charge on any atom is -0.486 e. The van der Waals surface area contributed by atoms with Gasteiger partial charge in [-0.3, -0.25) is 0 Å². The van der Waals surface area contributed by atoms with Crippen molar-refractivity contribution in [2.24, 2.45) is 0 Å². The highest BCUT2D eigenvalue weighted by atomic mass is 32.1. The fourth-order valence-electron chi connectivity index (χ4n) is 1.83. The molecule has 0 aliphatic rings. The number of aromatic nitrogens is 1. The van der Waals surface area contributed by atoms with Crippen LogP contribution >= 0.6 is 11.3 Å². The summed E-state index contributed by atoms with van der Waals surface area (Å²) in [6, 6.07) is 8.04. The van der Waals surface area contributed by atoms with E-state index in [-0.39, 0.29) is 0 Å². The molecule has 0 radical (unpaired) electrons. The minimum absolute atomic E-state index is 0.494. The Kier molecular flexibility index (Phi) is 5.52. The molecule has 108 valence electrons. The first-order valence-corrected chi connectivity index (χ1v) is 7.35. The van der Waals surface area contributed by atoms with Gasteiger partial charge in [0.2, 0.25) is 0 Å². The summed E-state index contributed by atoms with van der Waals surface area (Å²) in [5.74, 6) is 0.870. The molecule has 2 rings (SSSR count). The summed E-state index contributed by atoms with van der Waals surface area (Å²) in [6.45, 7) is 3.90. The Labute approximate surface area is 123 Å². The molecule has 0 saturated carbocycles. The van der Waals surface area contributed by atoms with Crippen LogP contribution < -0.4 is 10.1 Å². The number of rotatable bonds is 7. The quantitative estimate of drug-likeness (QED) is 0.852. The van der Waals surface area contributed by atoms with Gasteiger partial charge in [0.1, 0.15) is 17.4 Å². The zero-order chi connectivity index (χ0) is 14.4. The smallest absolute Gasteiger partial charge is 0.140 e. The molecular formula is C15H20N2O2S. The van der Waals surface area contributed by atoms with E-state index in [0.29, 0.717) is 13.2 Å². The SMILES string of the molecule is CNCc1sc(COc2ccc(C)cc2)nc1COC. The molecule has 0 saturated heterocycles. The van der Waals surface area contributed by atoms with Crippen molar-refractivity contribution in [1.82, 2.24) is 10.3 Å². The molecule has 1 aromatic heterocycles. The molecule has 0 bridgehead atoms. The van der Waals surface area contributed by atoms with Crippen molar-refractivity contribution in [2.45, 2.75) is 26.7 Å². The van der Waals surface area contributed by atoms with Crippen LogP contribution in [0.5, 0.6) is 5.75 Å². The predicted molar refractivity (Wildman–Crippen MR) is 81.1 cm³/mol. The van der Waals surface area contributed by atoms with Gasteiger partial charge in [0.25, 0.3) is 0 Å². The van der Waals surface area contributed by atoms with Crippen LogP contribution in [0.2, 0.25) is 0 Å². The van der Waals surface area contributed by atoms with Crippen molar-refractivity contribution in [3.63, 3.8) is 0 Å². The molecule has 1 N–H and O–H groups in total. The zero-order valence-corrected chi connectivity index (χ0v) is 12.9. The van der Waals surface area contributed by atoms with Gasteiger partial charge in [-0.15, -0.1) is 11.3 Å². The maximum atomic E-state index is 5.76. The summed E-state index contributed by atoms with van der Waals surface area (Å²) < 4.78 is 10.9. The predicted octanol–water partition coefficient (Wildman–Crippen LogP) is 2.90. The van der Waals surface area contributed by atoms with Crippen LogP contribution in [0.25, 0.3) is 0 Å². The van der Waals surface area contributed by atoms with E-state index in [0.717, 1.165) is 23.0 Å². The van der Waals surface area contributed by atoms with Gasteiger partial charge in [-0.1, -0.05) is 17.7 Å². The summed E-state index contributed by atoms with van der Waals surface area (Å²) >= 11 is 1.67. The molecule has 2 aromatic rings. The maximum absolute atomic E-state index is 5.76. The Bertz CT molecular complexity index is 514. The van der Waals surface area contributed by atoms with Gasteiger partial charge < -0.3 is 14.8 Å². The summed E-state index contributed by atoms with van der Waals surface area (Å²) in [5.41, 5.74) is 2.22. The fourth-order valence-corrected chi connectivity index (χ4v) is 2.82. The third-order valence-corrected chi connectivity index (χ3v) is 3.90. The number of hydrogen-bond acceptors (Lipinski definition) is 5. The third kappa shape index (κ3) is 4.03. The Morgan fingerprint density at radius 1 is 1.20 bits per heavy atom. The number of nitrogens with zero attached hydrogens (tertiary/aromatic N) is 1. The lowest BCUT2D eigenvalue weighted by Crippen LogP contribution is -2.06. The first-order chi connectivity index (χ1) is 9.72. The summed E-state index contributed by atoms with van der Waals surface area (Å²) in [7, 11) is 3.61. The fraction of sp³-hybridized carbons (Fsp3) is 0.400. The van der Waals surface area contributed by atoms with Crippen LogP contribution in [0.15, 0.2) is 24.3 Å². The number of aryl methyl sites for hydroxylation is 1. The molecule has 1 heterocycles. The summed E-state index contributed by atoms with van der Waals surface area (Å²) in [6.07, 6.45) is 0. The van der Waals surface area contributed by atoms with Crippen molar-refractivity contribution < 1.29 is 9.47 Å². The van der Waals surface area contributed by atoms with Crippen LogP contribution in [-0.2, 0) is 24.5 Å². The molecule has 0 fully saturated rings. The first kappa shape index (κ1) is 15.0. The standard InChI is InChI=1S/C15H20N2O2S/c1-11-4-6-12(7-5-11)19-10-15-17-13(9-18-3)14(20-15)8-16-2/h4-7,16H,8-10H2,1-3H3. The normalized spacial score (nSPS) is 10.8. The molecule has 0 unspecified atom stereocenters. The maximum Gasteiger partial charge on any atom is 0.140 e. The number of ether oxygens (including phenoxy) is 2. The summed E-state index contributed by atoms with van der Waals surface area (Å²) in [4.78, 5) is 5.79. The highest BCUT2D eigenvalue weighted by Gasteiger charge is 2.10. The Hall–Kier alpha value is -1.43. The first-order valence-electron chi connectivity index (χ1n) is 6.53. The van der Waals surface area contributed by atoms with E-state index < -0.39 is 0 Å². The molecule has 20 heavy (non-hydrogen) atoms. The third-order valence-electron chi connectivity index (χ3n) is 2.82. The highest BCUT2D eigenvalue weighted by Crippen LogP contribution is 2.21. The van der Waals surface area contributed by atoms with Crippen LogP contribution in [0, 0.1) is 6.92 Å². The molecule has 0 spiro atoms. The molecule has 0 amide bonds. The Balaban J connectivity index is 2.01. The average Bonchev–Trinajstić information content (AvgIpc) is 2.82. The van der Waals surface area contributed by atoms with Gasteiger partial charge in [-0.2, -0.15) is 0 Å². The lowest BCUT2D eigenvalue weighted by molar-refractivity contribution is 0.180. The Morgan fingerprint density at radius 2 is 1.95 bits per heavy atom. The number of thiazole rings is 1. The van der Waals surface area contributed by atoms with Crippen molar-refractivity contribution >= 4 is 11.3 Å². The lowest BCUT2D eigenvalue weighted by atomic mass is 10.2. The van der Waals surface area contributed by atoms with Crippen LogP contribution in [-0.4, -0.2) is 19.1 Å². The van der Waals surface area contributed by atoms with E-state index in [2.05, 4.69) is 17.2 Å². The lowest BCUT2D eigenvalue weighted by Gasteiger charge is -2.03. The van der Waals surface area contributed by atoms with Gasteiger partial charge in [-0.05, 0) is 26.1 Å². The van der Waals surface area contributed by atoms with Crippen molar-refractivity contribution in [2.75, 3.05) is 14.2 Å². The number of methoxy groups -OCH3 is 1. The topological polar surface area (TPSA) is 43.4 Å². The molecule has 0 aliphatic carbocycles. The van der Waals surface area contributed by atoms with E-state index in [1.807, 2.05) is 31.3 Å². The number of hydrogen-bond donors (Lipinski definition) is 1. The monoisotopic (exact) mass is 292 g/mol. The molecular weight excluding hydrogens is 272 g/mol. The van der Waals surface area contributed by atoms with E-state index >= 15 is 0 Å². The van der Waals surface area contributed by atoms with Gasteiger partial charge in [0.15, 0.2) is 0 Å². The van der Waals surface area contributed by atoms with Crippen molar-refractivity contribution in [3.8, 4) is 5.75 Å². The molecule has 5 heteroatoms. The van der Waals surface area contributed by atoms with Gasteiger partial charge >= 0.3 is 0 Å². The molecule has 0 aliphatic heterocycles. The van der Waals surface area contributed by atoms with E-state index in [4.69, 9.17) is 9.47 Å². The van der Waals surface area contributed by atoms with Gasteiger partial charge in [0, 0.05) is 18.5 Å². The second kappa shape index (κ2) is 7.38. The van der Waals surface area contributed by atoms with Crippen LogP contribution in [0.1, 0.15) is 21.1 Å². The van der Waals surface area contributed by atoms with Crippen molar-refractivity contribution in [3.05, 3.63) is 45.4 Å². The second-order valence-corrected chi connectivity index (χ2v) is 5.71. The van der Waals surface area contributed by atoms with Crippen LogP contribution in [0.4, 0.5) is 0 Å². The average molecular weight is 292 g/mol. The highest BCUT2D eigenvalue weighted by molar-refractivity contribution is 7.11. The van der Waals surface area contributed by atoms with Crippen LogP contribution in [0.3, 0.4) is 0 Å². The largest absolute Gasteiger partial charge is 0.486 e. The van der Waals surface area contributed by atoms with E-state index in [9.17, 15) is 0 Å². The molecule has 0 atom stereocenters. The van der Waals surface area contributed by atoms with E-state index in [1.165, 1.54) is 10.4 Å². The Morgan fingerprint density at radius 3 is 2.60 bits per heavy atom. The molecule has 1 aromatic carbocycles. The van der Waals surface area contributed by atoms with Gasteiger partial charge in [-0.25, -0.2) is 4.98 Å². The van der Waals surface area contributed by atoms with Crippen molar-refractivity contribution in [1.29, 1.82) is 0 Å². The second-order valence-electron chi connectivity index (χ2n) is 4.54. The van der Waals surface area contributed by atoms with Gasteiger partial charge in [0.05, 0.1) is 12.3 Å². The minimum atomic E-state index is 0.494.